The lowest BCUT2D eigenvalue weighted by molar-refractivity contribution is -0.402. The maximum absolute atomic E-state index is 12.1. The molecule has 1 aromatic rings. The fourth-order valence-electron chi connectivity index (χ4n) is 1.69. The maximum atomic E-state index is 12.1. The Kier molecular flexibility index (Phi) is 3.93. The first-order chi connectivity index (χ1) is 9.43. The molecule has 1 fully saturated rings. The molecule has 0 bridgehead atoms. The predicted molar refractivity (Wildman–Crippen MR) is 72.9 cm³/mol. The van der Waals surface area contributed by atoms with Gasteiger partial charge in [0, 0.05) is 12.1 Å². The van der Waals surface area contributed by atoms with E-state index in [2.05, 4.69) is 0 Å². The Labute approximate surface area is 118 Å². The van der Waals surface area contributed by atoms with E-state index in [4.69, 9.17) is 4.42 Å². The number of amides is 2. The van der Waals surface area contributed by atoms with Gasteiger partial charge in [0.05, 0.1) is 11.0 Å². The Bertz CT molecular complexity index is 607. The van der Waals surface area contributed by atoms with Crippen LogP contribution in [0.1, 0.15) is 26.0 Å². The Morgan fingerprint density at radius 3 is 2.75 bits per heavy atom. The van der Waals surface area contributed by atoms with Crippen LogP contribution in [-0.2, 0) is 4.79 Å². The van der Waals surface area contributed by atoms with Gasteiger partial charge in [-0.3, -0.25) is 24.6 Å². The first kappa shape index (κ1) is 14.3. The molecule has 8 heteroatoms. The largest absolute Gasteiger partial charge is 0.433 e. The molecule has 0 unspecified atom stereocenters. The number of nitrogens with zero attached hydrogens (tertiary/aromatic N) is 2. The van der Waals surface area contributed by atoms with E-state index in [1.807, 2.05) is 6.92 Å². The standard InChI is InChI=1S/C12H12N2O5S/c1-3-7(2)13-11(15)9(20-12(13)16)6-8-4-5-10(19-8)14(17)18/h4-7H,3H2,1-2H3/b9-6+/t7-/m1/s1. The van der Waals surface area contributed by atoms with E-state index in [1.165, 1.54) is 23.1 Å². The summed E-state index contributed by atoms with van der Waals surface area (Å²) in [7, 11) is 0. The van der Waals surface area contributed by atoms with Gasteiger partial charge in [-0.1, -0.05) is 6.92 Å². The smallest absolute Gasteiger partial charge is 0.401 e. The molecule has 1 aliphatic rings. The number of rotatable bonds is 4. The van der Waals surface area contributed by atoms with Crippen LogP contribution >= 0.6 is 11.8 Å². The van der Waals surface area contributed by atoms with Crippen molar-refractivity contribution < 1.29 is 18.9 Å². The highest BCUT2D eigenvalue weighted by atomic mass is 32.2. The summed E-state index contributed by atoms with van der Waals surface area (Å²) in [6.45, 7) is 3.67. The van der Waals surface area contributed by atoms with Crippen molar-refractivity contribution in [1.29, 1.82) is 0 Å². The molecule has 0 N–H and O–H groups in total. The third-order valence-corrected chi connectivity index (χ3v) is 3.80. The van der Waals surface area contributed by atoms with Gasteiger partial charge < -0.3 is 4.42 Å². The van der Waals surface area contributed by atoms with Crippen molar-refractivity contribution in [2.75, 3.05) is 0 Å². The summed E-state index contributed by atoms with van der Waals surface area (Å²) in [5.74, 6) is -0.628. The lowest BCUT2D eigenvalue weighted by Gasteiger charge is -2.19. The van der Waals surface area contributed by atoms with E-state index in [9.17, 15) is 19.7 Å². The fraction of sp³-hybridized carbons (Fsp3) is 0.333. The summed E-state index contributed by atoms with van der Waals surface area (Å²) in [6.07, 6.45) is 2.01. The summed E-state index contributed by atoms with van der Waals surface area (Å²) in [5.41, 5.74) is 0. The van der Waals surface area contributed by atoms with E-state index in [-0.39, 0.29) is 21.9 Å². The van der Waals surface area contributed by atoms with E-state index in [0.717, 1.165) is 11.8 Å². The van der Waals surface area contributed by atoms with Gasteiger partial charge in [-0.05, 0) is 31.2 Å². The van der Waals surface area contributed by atoms with Gasteiger partial charge in [0.15, 0.2) is 0 Å². The first-order valence-corrected chi connectivity index (χ1v) is 6.77. The number of carbonyl (C=O) groups excluding carboxylic acids is 2. The van der Waals surface area contributed by atoms with Crippen LogP contribution in [-0.4, -0.2) is 27.0 Å². The molecular formula is C12H12N2O5S. The second-order valence-electron chi connectivity index (χ2n) is 4.24. The van der Waals surface area contributed by atoms with Crippen LogP contribution in [0.3, 0.4) is 0 Å². The number of hydrogen-bond donors (Lipinski definition) is 0. The Hall–Kier alpha value is -2.09. The molecule has 0 aliphatic carbocycles. The zero-order chi connectivity index (χ0) is 14.9. The third kappa shape index (κ3) is 2.60. The van der Waals surface area contributed by atoms with Gasteiger partial charge in [-0.25, -0.2) is 0 Å². The van der Waals surface area contributed by atoms with Gasteiger partial charge in [0.2, 0.25) is 0 Å². The van der Waals surface area contributed by atoms with E-state index in [1.54, 1.807) is 6.92 Å². The van der Waals surface area contributed by atoms with Gasteiger partial charge in [-0.15, -0.1) is 0 Å². The molecule has 1 aliphatic heterocycles. The molecule has 0 aromatic carbocycles. The molecule has 1 saturated heterocycles. The third-order valence-electron chi connectivity index (χ3n) is 2.92. The molecule has 106 valence electrons. The molecule has 1 aromatic heterocycles. The lowest BCUT2D eigenvalue weighted by Crippen LogP contribution is -2.36. The molecule has 2 rings (SSSR count). The van der Waals surface area contributed by atoms with Gasteiger partial charge >= 0.3 is 5.88 Å². The van der Waals surface area contributed by atoms with Crippen molar-refractivity contribution >= 4 is 34.9 Å². The molecule has 7 nitrogen and oxygen atoms in total. The van der Waals surface area contributed by atoms with Crippen molar-refractivity contribution in [1.82, 2.24) is 4.90 Å². The van der Waals surface area contributed by atoms with Crippen LogP contribution in [0.5, 0.6) is 0 Å². The van der Waals surface area contributed by atoms with Gasteiger partial charge in [0.25, 0.3) is 11.1 Å². The zero-order valence-electron chi connectivity index (χ0n) is 10.9. The first-order valence-electron chi connectivity index (χ1n) is 5.95. The predicted octanol–water partition coefficient (Wildman–Crippen LogP) is 3.02. The number of hydrogen-bond acceptors (Lipinski definition) is 6. The average Bonchev–Trinajstić information content (AvgIpc) is 2.96. The molecule has 2 heterocycles. The molecule has 0 spiro atoms. The van der Waals surface area contributed by atoms with Crippen LogP contribution < -0.4 is 0 Å². The topological polar surface area (TPSA) is 93.7 Å². The average molecular weight is 296 g/mol. The minimum Gasteiger partial charge on any atom is -0.401 e. The molecule has 2 amide bonds. The number of thioether (sulfide) groups is 1. The van der Waals surface area contributed by atoms with Crippen LogP contribution in [0.4, 0.5) is 10.7 Å². The Morgan fingerprint density at radius 1 is 1.50 bits per heavy atom. The van der Waals surface area contributed by atoms with Crippen LogP contribution in [0.2, 0.25) is 0 Å². The van der Waals surface area contributed by atoms with Crippen LogP contribution in [0, 0.1) is 10.1 Å². The van der Waals surface area contributed by atoms with Crippen molar-refractivity contribution in [3.63, 3.8) is 0 Å². The minimum absolute atomic E-state index is 0.173. The molecule has 0 saturated carbocycles. The number of nitro groups is 1. The Morgan fingerprint density at radius 2 is 2.20 bits per heavy atom. The number of furan rings is 1. The summed E-state index contributed by atoms with van der Waals surface area (Å²) in [4.78, 5) is 35.1. The van der Waals surface area contributed by atoms with Gasteiger partial charge in [-0.2, -0.15) is 0 Å². The van der Waals surface area contributed by atoms with E-state index >= 15 is 0 Å². The summed E-state index contributed by atoms with van der Waals surface area (Å²) < 4.78 is 4.94. The molecule has 0 radical (unpaired) electrons. The fourth-order valence-corrected chi connectivity index (χ4v) is 2.60. The van der Waals surface area contributed by atoms with Crippen molar-refractivity contribution in [3.8, 4) is 0 Å². The van der Waals surface area contributed by atoms with Crippen molar-refractivity contribution in [3.05, 3.63) is 32.9 Å². The van der Waals surface area contributed by atoms with Crippen LogP contribution in [0.25, 0.3) is 6.08 Å². The molecular weight excluding hydrogens is 284 g/mol. The monoisotopic (exact) mass is 296 g/mol. The summed E-state index contributed by atoms with van der Waals surface area (Å²) in [6, 6.07) is 2.40. The second kappa shape index (κ2) is 5.49. The van der Waals surface area contributed by atoms with Gasteiger partial charge in [0.1, 0.15) is 10.7 Å². The van der Waals surface area contributed by atoms with Crippen LogP contribution in [0.15, 0.2) is 21.5 Å². The number of carbonyl (C=O) groups is 2. The Balaban J connectivity index is 2.25. The zero-order valence-corrected chi connectivity index (χ0v) is 11.7. The van der Waals surface area contributed by atoms with E-state index < -0.39 is 16.7 Å². The van der Waals surface area contributed by atoms with Crippen molar-refractivity contribution in [2.45, 2.75) is 26.3 Å². The summed E-state index contributed by atoms with van der Waals surface area (Å²) >= 11 is 0.807. The lowest BCUT2D eigenvalue weighted by atomic mass is 10.2. The highest BCUT2D eigenvalue weighted by molar-refractivity contribution is 8.18. The maximum Gasteiger partial charge on any atom is 0.433 e. The quantitative estimate of drug-likeness (QED) is 0.481. The normalized spacial score (nSPS) is 18.9. The minimum atomic E-state index is -0.664. The molecule has 1 atom stereocenters. The highest BCUT2D eigenvalue weighted by Gasteiger charge is 2.37. The second-order valence-corrected chi connectivity index (χ2v) is 5.24. The van der Waals surface area contributed by atoms with E-state index in [0.29, 0.717) is 6.42 Å². The van der Waals surface area contributed by atoms with Crippen molar-refractivity contribution in [2.24, 2.45) is 0 Å². The molecule has 20 heavy (non-hydrogen) atoms. The summed E-state index contributed by atoms with van der Waals surface area (Å²) in [5, 5.41) is 10.2. The highest BCUT2D eigenvalue weighted by Crippen LogP contribution is 2.34. The SMILES string of the molecule is CC[C@@H](C)N1C(=O)S/C(=C/c2ccc([N+](=O)[O-])o2)C1=O. The number of imide groups is 1.